The van der Waals surface area contributed by atoms with Crippen LogP contribution in [-0.2, 0) is 6.54 Å². The molecule has 0 saturated carbocycles. The van der Waals surface area contributed by atoms with Gasteiger partial charge >= 0.3 is 0 Å². The fourth-order valence-corrected chi connectivity index (χ4v) is 2.47. The molecule has 1 aromatic rings. The number of hydrogen-bond acceptors (Lipinski definition) is 4. The summed E-state index contributed by atoms with van der Waals surface area (Å²) in [5, 5.41) is 0. The molecule has 0 radical (unpaired) electrons. The summed E-state index contributed by atoms with van der Waals surface area (Å²) < 4.78 is 10.6. The number of nitrogens with zero attached hydrogens (tertiary/aromatic N) is 1. The van der Waals surface area contributed by atoms with E-state index >= 15 is 0 Å². The first-order valence-electron chi connectivity index (χ1n) is 6.41. The van der Waals surface area contributed by atoms with Gasteiger partial charge in [0.05, 0.1) is 14.2 Å². The first kappa shape index (κ1) is 13.2. The lowest BCUT2D eigenvalue weighted by atomic mass is 10.1. The second-order valence-corrected chi connectivity index (χ2v) is 4.83. The molecule has 4 nitrogen and oxygen atoms in total. The first-order chi connectivity index (χ1) is 8.72. The maximum absolute atomic E-state index is 5.99. The molecule has 4 heteroatoms. The van der Waals surface area contributed by atoms with Gasteiger partial charge in [-0.25, -0.2) is 0 Å². The molecule has 0 bridgehead atoms. The van der Waals surface area contributed by atoms with Crippen LogP contribution in [0.25, 0.3) is 0 Å². The predicted molar refractivity (Wildman–Crippen MR) is 72.0 cm³/mol. The molecule has 0 aromatic heterocycles. The van der Waals surface area contributed by atoms with Crippen LogP contribution in [-0.4, -0.2) is 38.3 Å². The van der Waals surface area contributed by atoms with E-state index in [9.17, 15) is 0 Å². The highest BCUT2D eigenvalue weighted by atomic mass is 16.5. The van der Waals surface area contributed by atoms with Crippen LogP contribution in [0.15, 0.2) is 18.2 Å². The Bertz CT molecular complexity index is 395. The number of ether oxygens (including phenoxy) is 2. The van der Waals surface area contributed by atoms with Crippen LogP contribution < -0.4 is 15.2 Å². The second kappa shape index (κ2) is 6.07. The van der Waals surface area contributed by atoms with E-state index in [1.54, 1.807) is 14.2 Å². The zero-order valence-corrected chi connectivity index (χ0v) is 11.2. The number of hydrogen-bond donors (Lipinski definition) is 1. The highest BCUT2D eigenvalue weighted by molar-refractivity contribution is 5.42. The van der Waals surface area contributed by atoms with Gasteiger partial charge in [0.15, 0.2) is 11.5 Å². The molecular weight excluding hydrogens is 228 g/mol. The summed E-state index contributed by atoms with van der Waals surface area (Å²) in [7, 11) is 3.32. The van der Waals surface area contributed by atoms with Crippen LogP contribution in [0, 0.1) is 0 Å². The topological polar surface area (TPSA) is 47.7 Å². The van der Waals surface area contributed by atoms with Crippen LogP contribution in [0.2, 0.25) is 0 Å². The molecule has 1 atom stereocenters. The minimum absolute atomic E-state index is 0.318. The van der Waals surface area contributed by atoms with E-state index in [1.165, 1.54) is 12.0 Å². The summed E-state index contributed by atoms with van der Waals surface area (Å²) in [6.07, 6.45) is 2.33. The van der Waals surface area contributed by atoms with Crippen molar-refractivity contribution in [3.05, 3.63) is 23.8 Å². The van der Waals surface area contributed by atoms with Crippen molar-refractivity contribution in [2.75, 3.05) is 27.3 Å². The van der Waals surface area contributed by atoms with Crippen LogP contribution in [0.5, 0.6) is 11.5 Å². The van der Waals surface area contributed by atoms with Gasteiger partial charge in [0.2, 0.25) is 0 Å². The van der Waals surface area contributed by atoms with E-state index in [-0.39, 0.29) is 0 Å². The van der Waals surface area contributed by atoms with E-state index in [1.807, 2.05) is 12.1 Å². The lowest BCUT2D eigenvalue weighted by Crippen LogP contribution is -2.42. The van der Waals surface area contributed by atoms with Gasteiger partial charge in [-0.1, -0.05) is 6.07 Å². The van der Waals surface area contributed by atoms with Crippen LogP contribution in [0.4, 0.5) is 0 Å². The Kier molecular flexibility index (Phi) is 4.44. The molecule has 2 rings (SSSR count). The zero-order valence-electron chi connectivity index (χ0n) is 11.2. The van der Waals surface area contributed by atoms with E-state index in [0.717, 1.165) is 37.6 Å². The van der Waals surface area contributed by atoms with Crippen molar-refractivity contribution in [2.24, 2.45) is 5.73 Å². The molecule has 100 valence electrons. The number of benzene rings is 1. The third-order valence-electron chi connectivity index (χ3n) is 3.40. The van der Waals surface area contributed by atoms with Gasteiger partial charge < -0.3 is 15.2 Å². The first-order valence-corrected chi connectivity index (χ1v) is 6.41. The number of likely N-dealkylation sites (tertiary alicyclic amines) is 1. The summed E-state index contributed by atoms with van der Waals surface area (Å²) in [4.78, 5) is 2.40. The van der Waals surface area contributed by atoms with E-state index in [0.29, 0.717) is 6.04 Å². The Labute approximate surface area is 109 Å². The minimum atomic E-state index is 0.318. The van der Waals surface area contributed by atoms with Crippen molar-refractivity contribution >= 4 is 0 Å². The third kappa shape index (κ3) is 3.15. The molecule has 0 aliphatic carbocycles. The third-order valence-corrected chi connectivity index (χ3v) is 3.40. The van der Waals surface area contributed by atoms with Gasteiger partial charge in [0.25, 0.3) is 0 Å². The maximum Gasteiger partial charge on any atom is 0.161 e. The molecular formula is C14H22N2O2. The lowest BCUT2D eigenvalue weighted by Gasteiger charge is -2.30. The van der Waals surface area contributed by atoms with Crippen LogP contribution >= 0.6 is 0 Å². The monoisotopic (exact) mass is 250 g/mol. The van der Waals surface area contributed by atoms with E-state index in [2.05, 4.69) is 11.0 Å². The van der Waals surface area contributed by atoms with Crippen molar-refractivity contribution in [1.82, 2.24) is 4.90 Å². The van der Waals surface area contributed by atoms with Crippen LogP contribution in [0.1, 0.15) is 18.4 Å². The molecule has 2 N–H and O–H groups in total. The molecule has 0 unspecified atom stereocenters. The minimum Gasteiger partial charge on any atom is -0.493 e. The molecule has 1 aliphatic rings. The van der Waals surface area contributed by atoms with Crippen LogP contribution in [0.3, 0.4) is 0 Å². The quantitative estimate of drug-likeness (QED) is 0.882. The summed E-state index contributed by atoms with van der Waals surface area (Å²) in [6.45, 7) is 3.03. The Morgan fingerprint density at radius 3 is 2.72 bits per heavy atom. The highest BCUT2D eigenvalue weighted by Gasteiger charge is 2.17. The molecule has 1 fully saturated rings. The molecule has 1 aromatic carbocycles. The maximum atomic E-state index is 5.99. The SMILES string of the molecule is COc1ccc(CN2CCC[C@@H](N)C2)cc1OC. The summed E-state index contributed by atoms with van der Waals surface area (Å²) in [5.41, 5.74) is 7.23. The van der Waals surface area contributed by atoms with Crippen molar-refractivity contribution in [1.29, 1.82) is 0 Å². The molecule has 1 heterocycles. The lowest BCUT2D eigenvalue weighted by molar-refractivity contribution is 0.201. The average Bonchev–Trinajstić information content (AvgIpc) is 2.38. The number of nitrogens with two attached hydrogens (primary N) is 1. The van der Waals surface area contributed by atoms with Gasteiger partial charge in [-0.15, -0.1) is 0 Å². The van der Waals surface area contributed by atoms with Crippen molar-refractivity contribution in [2.45, 2.75) is 25.4 Å². The molecule has 1 aliphatic heterocycles. The van der Waals surface area contributed by atoms with Crippen molar-refractivity contribution < 1.29 is 9.47 Å². The summed E-state index contributed by atoms with van der Waals surface area (Å²) in [6, 6.07) is 6.40. The Hall–Kier alpha value is -1.26. The van der Waals surface area contributed by atoms with Gasteiger partial charge in [0.1, 0.15) is 0 Å². The molecule has 18 heavy (non-hydrogen) atoms. The molecule has 1 saturated heterocycles. The largest absolute Gasteiger partial charge is 0.493 e. The Morgan fingerprint density at radius 2 is 2.06 bits per heavy atom. The summed E-state index contributed by atoms with van der Waals surface area (Å²) >= 11 is 0. The van der Waals surface area contributed by atoms with Gasteiger partial charge in [-0.2, -0.15) is 0 Å². The fourth-order valence-electron chi connectivity index (χ4n) is 2.47. The number of rotatable bonds is 4. The fraction of sp³-hybridized carbons (Fsp3) is 0.571. The average molecular weight is 250 g/mol. The smallest absolute Gasteiger partial charge is 0.161 e. The summed E-state index contributed by atoms with van der Waals surface area (Å²) in [5.74, 6) is 1.56. The van der Waals surface area contributed by atoms with Gasteiger partial charge in [-0.3, -0.25) is 4.90 Å². The number of methoxy groups -OCH3 is 2. The zero-order chi connectivity index (χ0) is 13.0. The highest BCUT2D eigenvalue weighted by Crippen LogP contribution is 2.28. The van der Waals surface area contributed by atoms with Gasteiger partial charge in [0, 0.05) is 19.1 Å². The molecule has 0 amide bonds. The number of piperidine rings is 1. The Balaban J connectivity index is 2.04. The Morgan fingerprint density at radius 1 is 1.28 bits per heavy atom. The van der Waals surface area contributed by atoms with Gasteiger partial charge in [-0.05, 0) is 37.1 Å². The predicted octanol–water partition coefficient (Wildman–Crippen LogP) is 1.63. The van der Waals surface area contributed by atoms with Crippen molar-refractivity contribution in [3.8, 4) is 11.5 Å². The van der Waals surface area contributed by atoms with E-state index in [4.69, 9.17) is 15.2 Å². The second-order valence-electron chi connectivity index (χ2n) is 4.83. The molecule has 0 spiro atoms. The standard InChI is InChI=1S/C14H22N2O2/c1-17-13-6-5-11(8-14(13)18-2)9-16-7-3-4-12(15)10-16/h5-6,8,12H,3-4,7,9-10,15H2,1-2H3/t12-/m1/s1. The van der Waals surface area contributed by atoms with Crippen molar-refractivity contribution in [3.63, 3.8) is 0 Å². The normalized spacial score (nSPS) is 20.7. The van der Waals surface area contributed by atoms with E-state index < -0.39 is 0 Å².